The van der Waals surface area contributed by atoms with Gasteiger partial charge in [0.2, 0.25) is 0 Å². The molecule has 4 nitrogen and oxygen atoms in total. The lowest BCUT2D eigenvalue weighted by Gasteiger charge is -2.23. The van der Waals surface area contributed by atoms with Crippen molar-refractivity contribution in [3.8, 4) is 0 Å². The first-order valence-electron chi connectivity index (χ1n) is 7.50. The molecular weight excluding hydrogens is 252 g/mol. The van der Waals surface area contributed by atoms with E-state index < -0.39 is 0 Å². The predicted octanol–water partition coefficient (Wildman–Crippen LogP) is 1.05. The van der Waals surface area contributed by atoms with Crippen LogP contribution in [0.25, 0.3) is 0 Å². The summed E-state index contributed by atoms with van der Waals surface area (Å²) in [7, 11) is 0. The Labute approximate surface area is 121 Å². The van der Waals surface area contributed by atoms with Crippen molar-refractivity contribution in [2.45, 2.75) is 26.2 Å². The molecule has 0 unspecified atom stereocenters. The van der Waals surface area contributed by atoms with Gasteiger partial charge in [0, 0.05) is 5.69 Å². The van der Waals surface area contributed by atoms with E-state index in [1.165, 1.54) is 10.5 Å². The van der Waals surface area contributed by atoms with Crippen molar-refractivity contribution < 1.29 is 14.4 Å². The molecule has 2 rings (SSSR count). The molecule has 1 saturated heterocycles. The van der Waals surface area contributed by atoms with Crippen molar-refractivity contribution in [1.29, 1.82) is 0 Å². The largest absolute Gasteiger partial charge is 0.370 e. The highest BCUT2D eigenvalue weighted by Crippen LogP contribution is 2.26. The first-order chi connectivity index (χ1) is 9.70. The Hall–Kier alpha value is -1.39. The number of anilines is 1. The molecule has 0 aliphatic carbocycles. The molecule has 1 aliphatic heterocycles. The maximum atomic E-state index is 12.2. The summed E-state index contributed by atoms with van der Waals surface area (Å²) < 4.78 is 5.31. The minimum absolute atomic E-state index is 0.0950. The number of ether oxygens (including phenoxy) is 1. The highest BCUT2D eigenvalue weighted by Gasteiger charge is 2.18. The third-order valence-electron chi connectivity index (χ3n) is 3.99. The number of benzene rings is 1. The number of carbonyl (C=O) groups is 1. The smallest absolute Gasteiger partial charge is 0.279 e. The van der Waals surface area contributed by atoms with Crippen LogP contribution in [0.3, 0.4) is 0 Å². The van der Waals surface area contributed by atoms with Crippen LogP contribution in [0.15, 0.2) is 24.3 Å². The molecule has 1 heterocycles. The van der Waals surface area contributed by atoms with Crippen molar-refractivity contribution in [2.24, 2.45) is 0 Å². The van der Waals surface area contributed by atoms with Gasteiger partial charge in [-0.2, -0.15) is 0 Å². The zero-order chi connectivity index (χ0) is 14.4. The fourth-order valence-corrected chi connectivity index (χ4v) is 2.52. The molecule has 1 atom stereocenters. The second-order valence-corrected chi connectivity index (χ2v) is 5.48. The van der Waals surface area contributed by atoms with Crippen LogP contribution in [-0.2, 0) is 9.53 Å². The molecule has 20 heavy (non-hydrogen) atoms. The Kier molecular flexibility index (Phi) is 5.56. The summed E-state index contributed by atoms with van der Waals surface area (Å²) in [5.41, 5.74) is 2.18. The van der Waals surface area contributed by atoms with E-state index in [2.05, 4.69) is 25.2 Å². The van der Waals surface area contributed by atoms with Crippen LogP contribution < -0.4 is 10.2 Å². The number of hydrogen-bond acceptors (Lipinski definition) is 2. The van der Waals surface area contributed by atoms with E-state index in [-0.39, 0.29) is 5.91 Å². The number of amides is 1. The van der Waals surface area contributed by atoms with Crippen LogP contribution in [0.2, 0.25) is 0 Å². The molecule has 4 heteroatoms. The van der Waals surface area contributed by atoms with Gasteiger partial charge < -0.3 is 15.0 Å². The lowest BCUT2D eigenvalue weighted by molar-refractivity contribution is -0.899. The number of quaternary nitrogens is 1. The van der Waals surface area contributed by atoms with Crippen molar-refractivity contribution in [3.05, 3.63) is 29.8 Å². The second kappa shape index (κ2) is 7.41. The van der Waals surface area contributed by atoms with Gasteiger partial charge in [-0.15, -0.1) is 0 Å². The van der Waals surface area contributed by atoms with Gasteiger partial charge in [-0.1, -0.05) is 32.0 Å². The molecule has 0 saturated carbocycles. The zero-order valence-electron chi connectivity index (χ0n) is 12.4. The van der Waals surface area contributed by atoms with Gasteiger partial charge in [0.1, 0.15) is 13.1 Å². The van der Waals surface area contributed by atoms with Gasteiger partial charge in [0.05, 0.1) is 13.2 Å². The Bertz CT molecular complexity index is 442. The zero-order valence-corrected chi connectivity index (χ0v) is 12.4. The highest BCUT2D eigenvalue weighted by atomic mass is 16.5. The number of nitrogens with one attached hydrogen (secondary N) is 2. The quantitative estimate of drug-likeness (QED) is 0.845. The summed E-state index contributed by atoms with van der Waals surface area (Å²) in [6.45, 7) is 8.23. The molecule has 1 fully saturated rings. The first-order valence-corrected chi connectivity index (χ1v) is 7.50. The number of carbonyl (C=O) groups excluding carboxylic acids is 1. The van der Waals surface area contributed by atoms with Crippen molar-refractivity contribution >= 4 is 11.6 Å². The Morgan fingerprint density at radius 2 is 2.05 bits per heavy atom. The topological polar surface area (TPSA) is 42.8 Å². The van der Waals surface area contributed by atoms with Crippen LogP contribution in [0.1, 0.15) is 31.7 Å². The van der Waals surface area contributed by atoms with Gasteiger partial charge >= 0.3 is 0 Å². The first kappa shape index (κ1) is 15.0. The number of rotatable bonds is 5. The molecule has 0 radical (unpaired) electrons. The van der Waals surface area contributed by atoms with Crippen molar-refractivity contribution in [2.75, 3.05) is 38.2 Å². The SMILES string of the molecule is CC[C@H](C)c1ccccc1NC(=O)C[NH+]1CCOCC1. The second-order valence-electron chi connectivity index (χ2n) is 5.48. The average molecular weight is 277 g/mol. The molecule has 2 N–H and O–H groups in total. The van der Waals surface area contributed by atoms with Gasteiger partial charge in [0.25, 0.3) is 5.91 Å². The molecule has 110 valence electrons. The third-order valence-corrected chi connectivity index (χ3v) is 3.99. The van der Waals surface area contributed by atoms with E-state index in [0.717, 1.165) is 38.4 Å². The third kappa shape index (κ3) is 4.05. The molecule has 1 aliphatic rings. The molecule has 1 amide bonds. The summed E-state index contributed by atoms with van der Waals surface area (Å²) in [4.78, 5) is 13.5. The van der Waals surface area contributed by atoms with Gasteiger partial charge in [-0.25, -0.2) is 0 Å². The Morgan fingerprint density at radius 3 is 2.75 bits per heavy atom. The summed E-state index contributed by atoms with van der Waals surface area (Å²) in [5.74, 6) is 0.555. The van der Waals surface area contributed by atoms with E-state index in [4.69, 9.17) is 4.74 Å². The van der Waals surface area contributed by atoms with Crippen molar-refractivity contribution in [1.82, 2.24) is 0 Å². The predicted molar refractivity (Wildman–Crippen MR) is 80.2 cm³/mol. The van der Waals surface area contributed by atoms with Crippen LogP contribution in [0, 0.1) is 0 Å². The van der Waals surface area contributed by atoms with E-state index >= 15 is 0 Å². The van der Waals surface area contributed by atoms with Crippen molar-refractivity contribution in [3.63, 3.8) is 0 Å². The lowest BCUT2D eigenvalue weighted by Crippen LogP contribution is -3.15. The van der Waals surface area contributed by atoms with E-state index in [1.54, 1.807) is 0 Å². The molecule has 0 bridgehead atoms. The monoisotopic (exact) mass is 277 g/mol. The van der Waals surface area contributed by atoms with E-state index in [0.29, 0.717) is 12.5 Å². The molecule has 1 aromatic rings. The molecule has 1 aromatic carbocycles. The molecule has 0 spiro atoms. The fraction of sp³-hybridized carbons (Fsp3) is 0.562. The Balaban J connectivity index is 1.96. The maximum absolute atomic E-state index is 12.2. The van der Waals surface area contributed by atoms with Gasteiger partial charge in [-0.05, 0) is 24.0 Å². The van der Waals surface area contributed by atoms with Gasteiger partial charge in [-0.3, -0.25) is 4.79 Å². The van der Waals surface area contributed by atoms with Crippen LogP contribution in [0.4, 0.5) is 5.69 Å². The summed E-state index contributed by atoms with van der Waals surface area (Å²) in [5, 5.41) is 3.07. The number of hydrogen-bond donors (Lipinski definition) is 2. The van der Waals surface area contributed by atoms with Crippen LogP contribution in [-0.4, -0.2) is 38.8 Å². The maximum Gasteiger partial charge on any atom is 0.279 e. The van der Waals surface area contributed by atoms with Crippen LogP contribution in [0.5, 0.6) is 0 Å². The summed E-state index contributed by atoms with van der Waals surface area (Å²) in [6.07, 6.45) is 1.07. The summed E-state index contributed by atoms with van der Waals surface area (Å²) >= 11 is 0. The standard InChI is InChI=1S/C16H24N2O2/c1-3-13(2)14-6-4-5-7-15(14)17-16(19)12-18-8-10-20-11-9-18/h4-7,13H,3,8-12H2,1-2H3,(H,17,19)/p+1/t13-/m0/s1. The fourth-order valence-electron chi connectivity index (χ4n) is 2.52. The average Bonchev–Trinajstić information content (AvgIpc) is 2.48. The molecule has 0 aromatic heterocycles. The minimum atomic E-state index is 0.0950. The van der Waals surface area contributed by atoms with Gasteiger partial charge in [0.15, 0.2) is 6.54 Å². The summed E-state index contributed by atoms with van der Waals surface area (Å²) in [6, 6.07) is 8.10. The Morgan fingerprint density at radius 1 is 1.35 bits per heavy atom. The van der Waals surface area contributed by atoms with E-state index in [9.17, 15) is 4.79 Å². The lowest BCUT2D eigenvalue weighted by atomic mass is 9.97. The minimum Gasteiger partial charge on any atom is -0.370 e. The van der Waals surface area contributed by atoms with Crippen LogP contribution >= 0.6 is 0 Å². The van der Waals surface area contributed by atoms with E-state index in [1.807, 2.05) is 18.2 Å². The number of para-hydroxylation sites is 1. The highest BCUT2D eigenvalue weighted by molar-refractivity contribution is 5.92. The number of morpholine rings is 1. The molecular formula is C16H25N2O2+. The normalized spacial score (nSPS) is 17.7.